The van der Waals surface area contributed by atoms with Gasteiger partial charge >= 0.3 is 0 Å². The molecule has 5 heterocycles. The van der Waals surface area contributed by atoms with Crippen LogP contribution >= 0.6 is 0 Å². The number of benzene rings is 1. The van der Waals surface area contributed by atoms with Gasteiger partial charge in [-0.05, 0) is 68.4 Å². The Labute approximate surface area is 213 Å². The summed E-state index contributed by atoms with van der Waals surface area (Å²) in [5.41, 5.74) is 8.80. The van der Waals surface area contributed by atoms with Gasteiger partial charge in [0.2, 0.25) is 0 Å². The van der Waals surface area contributed by atoms with Crippen molar-refractivity contribution in [3.8, 4) is 11.5 Å². The molecule has 6 aromatic rings. The van der Waals surface area contributed by atoms with Crippen molar-refractivity contribution in [2.45, 2.75) is 13.8 Å². The number of rotatable bonds is 7. The highest BCUT2D eigenvalue weighted by Gasteiger charge is 2.10. The Morgan fingerprint density at radius 1 is 0.757 bits per heavy atom. The number of aromatic nitrogens is 6. The van der Waals surface area contributed by atoms with Crippen molar-refractivity contribution < 1.29 is 0 Å². The predicted molar refractivity (Wildman–Crippen MR) is 149 cm³/mol. The molecule has 9 nitrogen and oxygen atoms in total. The summed E-state index contributed by atoms with van der Waals surface area (Å²) in [5, 5.41) is 11.2. The van der Waals surface area contributed by atoms with Crippen LogP contribution in [0.2, 0.25) is 0 Å². The smallest absolute Gasteiger partial charge is 0.178 e. The van der Waals surface area contributed by atoms with Gasteiger partial charge in [0.15, 0.2) is 11.5 Å². The number of nitrogens with one attached hydrogen (secondary N) is 4. The van der Waals surface area contributed by atoms with Gasteiger partial charge in [0, 0.05) is 47.1 Å². The first-order valence-electron chi connectivity index (χ1n) is 12.1. The molecule has 4 N–H and O–H groups in total. The van der Waals surface area contributed by atoms with Crippen molar-refractivity contribution in [3.05, 3.63) is 85.1 Å². The van der Waals surface area contributed by atoms with Gasteiger partial charge in [-0.15, -0.1) is 0 Å². The molecule has 0 spiro atoms. The number of pyridine rings is 4. The van der Waals surface area contributed by atoms with Gasteiger partial charge < -0.3 is 20.9 Å². The van der Waals surface area contributed by atoms with Crippen molar-refractivity contribution in [2.24, 2.45) is 0 Å². The number of aromatic amines is 1. The van der Waals surface area contributed by atoms with E-state index in [0.717, 1.165) is 62.8 Å². The number of nitrogens with zero attached hydrogens (tertiary/aromatic N) is 5. The van der Waals surface area contributed by atoms with Crippen molar-refractivity contribution in [2.75, 3.05) is 22.5 Å². The quantitative estimate of drug-likeness (QED) is 0.211. The van der Waals surface area contributed by atoms with Crippen LogP contribution in [-0.4, -0.2) is 36.4 Å². The molecule has 0 atom stereocenters. The molecule has 1 aromatic carbocycles. The predicted octanol–water partition coefficient (Wildman–Crippen LogP) is 6.19. The summed E-state index contributed by atoms with van der Waals surface area (Å²) in [4.78, 5) is 25.8. The largest absolute Gasteiger partial charge is 0.385 e. The lowest BCUT2D eigenvalue weighted by molar-refractivity contribution is 1.20. The SMILES string of the molecule is CCNc1ccc2nccc(Nc3ccc(-c4nc5ncc(Nc6ccnc(C)c6)cc5[nH]4)nc3)c2c1. The molecule has 6 rings (SSSR count). The number of aryl methyl sites for hydroxylation is 1. The van der Waals surface area contributed by atoms with E-state index in [1.807, 2.05) is 55.5 Å². The van der Waals surface area contributed by atoms with Gasteiger partial charge in [-0.1, -0.05) is 0 Å². The molecule has 0 fully saturated rings. The van der Waals surface area contributed by atoms with Gasteiger partial charge in [-0.2, -0.15) is 0 Å². The van der Waals surface area contributed by atoms with E-state index in [4.69, 9.17) is 0 Å². The Balaban J connectivity index is 1.23. The average Bonchev–Trinajstić information content (AvgIpc) is 3.33. The molecule has 0 unspecified atom stereocenters. The third kappa shape index (κ3) is 4.74. The zero-order chi connectivity index (χ0) is 25.2. The van der Waals surface area contributed by atoms with E-state index in [1.54, 1.807) is 24.8 Å². The molecule has 0 bridgehead atoms. The zero-order valence-corrected chi connectivity index (χ0v) is 20.4. The first kappa shape index (κ1) is 22.4. The fourth-order valence-electron chi connectivity index (χ4n) is 4.21. The number of imidazole rings is 1. The first-order valence-corrected chi connectivity index (χ1v) is 12.1. The van der Waals surface area contributed by atoms with Crippen LogP contribution in [0, 0.1) is 6.92 Å². The molecule has 0 radical (unpaired) electrons. The minimum atomic E-state index is 0.634. The minimum Gasteiger partial charge on any atom is -0.385 e. The summed E-state index contributed by atoms with van der Waals surface area (Å²) >= 11 is 0. The van der Waals surface area contributed by atoms with Crippen LogP contribution in [-0.2, 0) is 0 Å². The highest BCUT2D eigenvalue weighted by atomic mass is 15.0. The lowest BCUT2D eigenvalue weighted by Gasteiger charge is -2.11. The van der Waals surface area contributed by atoms with E-state index in [9.17, 15) is 0 Å². The topological polar surface area (TPSA) is 116 Å². The molecule has 37 heavy (non-hydrogen) atoms. The molecule has 0 aliphatic rings. The molecular weight excluding hydrogens is 462 g/mol. The van der Waals surface area contributed by atoms with E-state index in [1.165, 1.54) is 0 Å². The van der Waals surface area contributed by atoms with Crippen LogP contribution in [0.1, 0.15) is 12.6 Å². The van der Waals surface area contributed by atoms with E-state index in [2.05, 4.69) is 58.8 Å². The number of hydrogen-bond donors (Lipinski definition) is 4. The summed E-state index contributed by atoms with van der Waals surface area (Å²) in [5.74, 6) is 0.663. The van der Waals surface area contributed by atoms with Gasteiger partial charge in [-0.3, -0.25) is 15.0 Å². The summed E-state index contributed by atoms with van der Waals surface area (Å²) in [7, 11) is 0. The number of H-pyrrole nitrogens is 1. The highest BCUT2D eigenvalue weighted by Crippen LogP contribution is 2.28. The zero-order valence-electron chi connectivity index (χ0n) is 20.4. The Hall–Kier alpha value is -5.05. The standard InChI is InChI=1S/C28H25N9/c1-3-29-18-4-6-23-22(13-18)24(9-11-31-23)35-20-5-7-25(32-15-20)28-36-26-14-21(16-33-27(26)37-28)34-19-8-10-30-17(2)12-19/h4-16,29H,3H2,1-2H3,(H,30,34)(H,31,35)(H,33,36,37). The maximum Gasteiger partial charge on any atom is 0.178 e. The van der Waals surface area contributed by atoms with Crippen LogP contribution < -0.4 is 16.0 Å². The highest BCUT2D eigenvalue weighted by molar-refractivity contribution is 5.95. The van der Waals surface area contributed by atoms with E-state index in [-0.39, 0.29) is 0 Å². The van der Waals surface area contributed by atoms with Gasteiger partial charge in [0.05, 0.1) is 34.8 Å². The maximum atomic E-state index is 4.63. The van der Waals surface area contributed by atoms with E-state index >= 15 is 0 Å². The Kier molecular flexibility index (Phi) is 5.78. The van der Waals surface area contributed by atoms with Crippen LogP contribution in [0.3, 0.4) is 0 Å². The lowest BCUT2D eigenvalue weighted by Crippen LogP contribution is -1.98. The molecule has 182 valence electrons. The molecular formula is C28H25N9. The summed E-state index contributed by atoms with van der Waals surface area (Å²) in [6.07, 6.45) is 7.15. The summed E-state index contributed by atoms with van der Waals surface area (Å²) in [6.45, 7) is 4.90. The van der Waals surface area contributed by atoms with Crippen molar-refractivity contribution in [3.63, 3.8) is 0 Å². The second-order valence-corrected chi connectivity index (χ2v) is 8.67. The van der Waals surface area contributed by atoms with Crippen LogP contribution in [0.15, 0.2) is 79.4 Å². The average molecular weight is 488 g/mol. The number of anilines is 5. The Bertz CT molecular complexity index is 1710. The maximum absolute atomic E-state index is 4.63. The fourth-order valence-corrected chi connectivity index (χ4v) is 4.21. The van der Waals surface area contributed by atoms with Crippen LogP contribution in [0.4, 0.5) is 28.4 Å². The summed E-state index contributed by atoms with van der Waals surface area (Å²) < 4.78 is 0. The number of hydrogen-bond acceptors (Lipinski definition) is 8. The molecule has 0 aliphatic heterocycles. The Morgan fingerprint density at radius 3 is 2.46 bits per heavy atom. The normalized spacial score (nSPS) is 11.1. The molecule has 0 aliphatic carbocycles. The molecule has 0 amide bonds. The first-order chi connectivity index (χ1) is 18.1. The number of fused-ring (bicyclic) bond motifs is 2. The molecule has 9 heteroatoms. The summed E-state index contributed by atoms with van der Waals surface area (Å²) in [6, 6.07) is 18.0. The van der Waals surface area contributed by atoms with Gasteiger partial charge in [-0.25, -0.2) is 9.97 Å². The Morgan fingerprint density at radius 2 is 1.62 bits per heavy atom. The second kappa shape index (κ2) is 9.54. The molecule has 0 saturated heterocycles. The van der Waals surface area contributed by atoms with Crippen LogP contribution in [0.5, 0.6) is 0 Å². The third-order valence-corrected chi connectivity index (χ3v) is 5.93. The van der Waals surface area contributed by atoms with Crippen molar-refractivity contribution in [1.82, 2.24) is 29.9 Å². The second-order valence-electron chi connectivity index (χ2n) is 8.67. The molecule has 5 aromatic heterocycles. The van der Waals surface area contributed by atoms with Crippen molar-refractivity contribution in [1.29, 1.82) is 0 Å². The fraction of sp³-hybridized carbons (Fsp3) is 0.107. The third-order valence-electron chi connectivity index (χ3n) is 5.93. The van der Waals surface area contributed by atoms with E-state index < -0.39 is 0 Å². The molecule has 0 saturated carbocycles. The van der Waals surface area contributed by atoms with Crippen molar-refractivity contribution >= 4 is 50.5 Å². The van der Waals surface area contributed by atoms with Gasteiger partial charge in [0.25, 0.3) is 0 Å². The van der Waals surface area contributed by atoms with Gasteiger partial charge in [0.1, 0.15) is 5.69 Å². The minimum absolute atomic E-state index is 0.634. The lowest BCUT2D eigenvalue weighted by atomic mass is 10.1. The van der Waals surface area contributed by atoms with Crippen LogP contribution in [0.25, 0.3) is 33.6 Å². The monoisotopic (exact) mass is 487 g/mol. The van der Waals surface area contributed by atoms with E-state index in [0.29, 0.717) is 11.5 Å².